The Morgan fingerprint density at radius 2 is 2.10 bits per heavy atom. The molecule has 0 atom stereocenters. The van der Waals surface area contributed by atoms with Gasteiger partial charge < -0.3 is 5.32 Å². The molecule has 20 heavy (non-hydrogen) atoms. The zero-order chi connectivity index (χ0) is 14.9. The van der Waals surface area contributed by atoms with Crippen molar-refractivity contribution in [3.63, 3.8) is 0 Å². The maximum atomic E-state index is 12.1. The molecule has 0 aliphatic carbocycles. The van der Waals surface area contributed by atoms with Crippen LogP contribution in [0.25, 0.3) is 0 Å². The SMILES string of the molecule is Cc1c(Cl)c(C(=O)Nc2ccccc2[N+](=O)[O-])nn1C. The van der Waals surface area contributed by atoms with E-state index in [9.17, 15) is 14.9 Å². The van der Waals surface area contributed by atoms with Crippen LogP contribution in [0.1, 0.15) is 16.2 Å². The quantitative estimate of drug-likeness (QED) is 0.695. The Kier molecular flexibility index (Phi) is 3.71. The van der Waals surface area contributed by atoms with Gasteiger partial charge in [-0.2, -0.15) is 5.10 Å². The van der Waals surface area contributed by atoms with E-state index >= 15 is 0 Å². The van der Waals surface area contributed by atoms with Gasteiger partial charge in [0.1, 0.15) is 5.69 Å². The fraction of sp³-hybridized carbons (Fsp3) is 0.167. The first kappa shape index (κ1) is 14.0. The highest BCUT2D eigenvalue weighted by Crippen LogP contribution is 2.25. The predicted molar refractivity (Wildman–Crippen MR) is 74.0 cm³/mol. The molecule has 1 aromatic heterocycles. The van der Waals surface area contributed by atoms with E-state index in [2.05, 4.69) is 10.4 Å². The van der Waals surface area contributed by atoms with Crippen LogP contribution in [-0.4, -0.2) is 20.6 Å². The summed E-state index contributed by atoms with van der Waals surface area (Å²) in [7, 11) is 1.66. The highest BCUT2D eigenvalue weighted by molar-refractivity contribution is 6.34. The number of aryl methyl sites for hydroxylation is 1. The van der Waals surface area contributed by atoms with E-state index in [4.69, 9.17) is 11.6 Å². The molecule has 104 valence electrons. The molecule has 7 nitrogen and oxygen atoms in total. The number of amides is 1. The molecule has 0 aliphatic rings. The van der Waals surface area contributed by atoms with Crippen LogP contribution in [-0.2, 0) is 7.05 Å². The maximum Gasteiger partial charge on any atom is 0.292 e. The Morgan fingerprint density at radius 3 is 2.65 bits per heavy atom. The minimum atomic E-state index is -0.590. The molecule has 1 amide bonds. The molecule has 8 heteroatoms. The molecule has 1 aromatic carbocycles. The van der Waals surface area contributed by atoms with Crippen LogP contribution < -0.4 is 5.32 Å². The number of nitro benzene ring substituents is 1. The van der Waals surface area contributed by atoms with E-state index < -0.39 is 10.8 Å². The lowest BCUT2D eigenvalue weighted by molar-refractivity contribution is -0.383. The lowest BCUT2D eigenvalue weighted by Crippen LogP contribution is -2.14. The molecule has 2 rings (SSSR count). The largest absolute Gasteiger partial charge is 0.315 e. The van der Waals surface area contributed by atoms with E-state index in [-0.39, 0.29) is 22.1 Å². The van der Waals surface area contributed by atoms with Crippen molar-refractivity contribution in [3.8, 4) is 0 Å². The smallest absolute Gasteiger partial charge is 0.292 e. The van der Waals surface area contributed by atoms with Crippen LogP contribution in [0, 0.1) is 17.0 Å². The molecule has 0 unspecified atom stereocenters. The number of hydrogen-bond donors (Lipinski definition) is 1. The molecule has 0 aliphatic heterocycles. The van der Waals surface area contributed by atoms with E-state index in [1.165, 1.54) is 22.9 Å². The van der Waals surface area contributed by atoms with E-state index in [0.29, 0.717) is 5.69 Å². The van der Waals surface area contributed by atoms with Crippen molar-refractivity contribution in [1.29, 1.82) is 0 Å². The van der Waals surface area contributed by atoms with Crippen molar-refractivity contribution in [2.75, 3.05) is 5.32 Å². The summed E-state index contributed by atoms with van der Waals surface area (Å²) < 4.78 is 1.47. The summed E-state index contributed by atoms with van der Waals surface area (Å²) in [5, 5.41) is 17.5. The third kappa shape index (κ3) is 2.48. The normalized spacial score (nSPS) is 10.3. The minimum Gasteiger partial charge on any atom is -0.315 e. The number of halogens is 1. The predicted octanol–water partition coefficient (Wildman–Crippen LogP) is 2.54. The number of nitrogens with zero attached hydrogens (tertiary/aromatic N) is 3. The zero-order valence-corrected chi connectivity index (χ0v) is 11.5. The fourth-order valence-corrected chi connectivity index (χ4v) is 1.89. The molecule has 1 heterocycles. The van der Waals surface area contributed by atoms with Gasteiger partial charge in [0.25, 0.3) is 11.6 Å². The van der Waals surface area contributed by atoms with Crippen LogP contribution in [0.2, 0.25) is 5.02 Å². The van der Waals surface area contributed by atoms with E-state index in [1.807, 2.05) is 0 Å². The van der Waals surface area contributed by atoms with Gasteiger partial charge in [-0.05, 0) is 13.0 Å². The Balaban J connectivity index is 2.33. The van der Waals surface area contributed by atoms with E-state index in [0.717, 1.165) is 0 Å². The lowest BCUT2D eigenvalue weighted by Gasteiger charge is -2.04. The summed E-state index contributed by atoms with van der Waals surface area (Å²) >= 11 is 6.00. The van der Waals surface area contributed by atoms with Gasteiger partial charge in [0.05, 0.1) is 15.6 Å². The molecule has 1 N–H and O–H groups in total. The monoisotopic (exact) mass is 294 g/mol. The molecule has 0 fully saturated rings. The Labute approximate surface area is 119 Å². The maximum absolute atomic E-state index is 12.1. The Morgan fingerprint density at radius 1 is 1.45 bits per heavy atom. The number of hydrogen-bond acceptors (Lipinski definition) is 4. The highest BCUT2D eigenvalue weighted by atomic mass is 35.5. The molecule has 0 radical (unpaired) electrons. The van der Waals surface area contributed by atoms with Gasteiger partial charge in [-0.1, -0.05) is 23.7 Å². The fourth-order valence-electron chi connectivity index (χ4n) is 1.65. The highest BCUT2D eigenvalue weighted by Gasteiger charge is 2.21. The number of para-hydroxylation sites is 2. The van der Waals surface area contributed by atoms with Crippen LogP contribution in [0.15, 0.2) is 24.3 Å². The van der Waals surface area contributed by atoms with Crippen molar-refractivity contribution in [3.05, 3.63) is 50.8 Å². The van der Waals surface area contributed by atoms with Crippen molar-refractivity contribution < 1.29 is 9.72 Å². The van der Waals surface area contributed by atoms with E-state index in [1.54, 1.807) is 20.0 Å². The van der Waals surface area contributed by atoms with Crippen LogP contribution >= 0.6 is 11.6 Å². The summed E-state index contributed by atoms with van der Waals surface area (Å²) in [6.45, 7) is 1.72. The van der Waals surface area contributed by atoms with Crippen molar-refractivity contribution in [2.45, 2.75) is 6.92 Å². The summed E-state index contributed by atoms with van der Waals surface area (Å²) in [6, 6.07) is 5.86. The van der Waals surface area contributed by atoms with Gasteiger partial charge >= 0.3 is 0 Å². The van der Waals surface area contributed by atoms with Gasteiger partial charge in [-0.25, -0.2) is 0 Å². The first-order valence-corrected chi connectivity index (χ1v) is 6.03. The van der Waals surface area contributed by atoms with Gasteiger partial charge in [0, 0.05) is 13.1 Å². The van der Waals surface area contributed by atoms with Crippen LogP contribution in [0.5, 0.6) is 0 Å². The molecule has 0 spiro atoms. The molecule has 2 aromatic rings. The summed E-state index contributed by atoms with van der Waals surface area (Å²) in [4.78, 5) is 22.4. The number of carbonyl (C=O) groups is 1. The summed E-state index contributed by atoms with van der Waals surface area (Å²) in [5.74, 6) is -0.590. The first-order chi connectivity index (χ1) is 9.41. The third-order valence-electron chi connectivity index (χ3n) is 2.82. The van der Waals surface area contributed by atoms with Crippen molar-refractivity contribution in [1.82, 2.24) is 9.78 Å². The molecule has 0 saturated heterocycles. The third-order valence-corrected chi connectivity index (χ3v) is 3.28. The number of carbonyl (C=O) groups excluding carboxylic acids is 1. The second kappa shape index (κ2) is 5.30. The number of nitrogens with one attached hydrogen (secondary N) is 1. The average Bonchev–Trinajstić information content (AvgIpc) is 2.67. The second-order valence-corrected chi connectivity index (χ2v) is 4.48. The summed E-state index contributed by atoms with van der Waals surface area (Å²) in [6.07, 6.45) is 0. The molecular weight excluding hydrogens is 284 g/mol. The van der Waals surface area contributed by atoms with Crippen molar-refractivity contribution in [2.24, 2.45) is 7.05 Å². The number of aromatic nitrogens is 2. The van der Waals surface area contributed by atoms with Crippen LogP contribution in [0.4, 0.5) is 11.4 Å². The minimum absolute atomic E-state index is 0.0322. The molecule has 0 saturated carbocycles. The lowest BCUT2D eigenvalue weighted by atomic mass is 10.2. The Bertz CT molecular complexity index is 696. The zero-order valence-electron chi connectivity index (χ0n) is 10.8. The second-order valence-electron chi connectivity index (χ2n) is 4.10. The number of benzene rings is 1. The average molecular weight is 295 g/mol. The van der Waals surface area contributed by atoms with Gasteiger partial charge in [-0.15, -0.1) is 0 Å². The topological polar surface area (TPSA) is 90.1 Å². The standard InChI is InChI=1S/C12H11ClN4O3/c1-7-10(13)11(15-16(7)2)12(18)14-8-5-3-4-6-9(8)17(19)20/h3-6H,1-2H3,(H,14,18). The summed E-state index contributed by atoms with van der Waals surface area (Å²) in [5.41, 5.74) is 0.579. The number of anilines is 1. The molecule has 0 bridgehead atoms. The van der Waals surface area contributed by atoms with Crippen LogP contribution in [0.3, 0.4) is 0 Å². The first-order valence-electron chi connectivity index (χ1n) is 5.65. The van der Waals surface area contributed by atoms with Gasteiger partial charge in [0.15, 0.2) is 5.69 Å². The van der Waals surface area contributed by atoms with Crippen molar-refractivity contribution >= 4 is 28.9 Å². The number of rotatable bonds is 3. The van der Waals surface area contributed by atoms with Gasteiger partial charge in [0.2, 0.25) is 0 Å². The Hall–Kier alpha value is -2.41. The number of nitro groups is 1. The molecular formula is C12H11ClN4O3. The van der Waals surface area contributed by atoms with Gasteiger partial charge in [-0.3, -0.25) is 19.6 Å².